The summed E-state index contributed by atoms with van der Waals surface area (Å²) in [6, 6.07) is 2.22. The Hall–Kier alpha value is -2.73. The first-order valence-electron chi connectivity index (χ1n) is 9.31. The van der Waals surface area contributed by atoms with Crippen molar-refractivity contribution in [3.05, 3.63) is 70.5 Å². The molecule has 0 unspecified atom stereocenters. The fraction of sp³-hybridized carbons (Fsp3) is 0.333. The van der Waals surface area contributed by atoms with E-state index in [-0.39, 0.29) is 30.8 Å². The number of ether oxygens (including phenoxy) is 3. The van der Waals surface area contributed by atoms with E-state index in [1.807, 2.05) is 0 Å². The maximum atomic E-state index is 14.5. The van der Waals surface area contributed by atoms with E-state index >= 15 is 0 Å². The molecule has 2 aromatic rings. The molecule has 0 spiro atoms. The lowest BCUT2D eigenvalue weighted by molar-refractivity contribution is -0.203. The SMILES string of the molecule is CC1COC(c2cc(F)c(C(F)(F)Oc3ccc(/C(F)=C/C(F)(F)F)c(F)c3)c(F)c2)OC1. The van der Waals surface area contributed by atoms with Gasteiger partial charge in [-0.25, -0.2) is 17.6 Å². The van der Waals surface area contributed by atoms with Gasteiger partial charge < -0.3 is 14.2 Å². The Balaban J connectivity index is 1.84. The molecule has 3 rings (SSSR count). The molecule has 0 atom stereocenters. The van der Waals surface area contributed by atoms with E-state index in [1.54, 1.807) is 6.92 Å². The molecular weight excluding hydrogens is 471 g/mol. The Morgan fingerprint density at radius 2 is 1.52 bits per heavy atom. The Kier molecular flexibility index (Phi) is 6.99. The van der Waals surface area contributed by atoms with Gasteiger partial charge >= 0.3 is 12.3 Å². The van der Waals surface area contributed by atoms with Crippen LogP contribution in [0.5, 0.6) is 5.75 Å². The van der Waals surface area contributed by atoms with Gasteiger partial charge in [0.15, 0.2) is 6.29 Å². The molecule has 3 nitrogen and oxygen atoms in total. The molecule has 12 heteroatoms. The van der Waals surface area contributed by atoms with Crippen LogP contribution in [0.3, 0.4) is 0 Å². The van der Waals surface area contributed by atoms with Crippen LogP contribution in [0.1, 0.15) is 29.9 Å². The van der Waals surface area contributed by atoms with Crippen LogP contribution >= 0.6 is 0 Å². The molecule has 0 amide bonds. The van der Waals surface area contributed by atoms with Gasteiger partial charge in [0.2, 0.25) is 0 Å². The minimum absolute atomic E-state index is 0.0252. The van der Waals surface area contributed by atoms with E-state index in [0.29, 0.717) is 24.3 Å². The smallest absolute Gasteiger partial charge is 0.429 e. The predicted octanol–water partition coefficient (Wildman–Crippen LogP) is 6.79. The zero-order chi connectivity index (χ0) is 24.6. The minimum Gasteiger partial charge on any atom is -0.429 e. The topological polar surface area (TPSA) is 27.7 Å². The number of hydrogen-bond acceptors (Lipinski definition) is 3. The van der Waals surface area contributed by atoms with E-state index in [9.17, 15) is 39.5 Å². The molecule has 0 aromatic heterocycles. The predicted molar refractivity (Wildman–Crippen MR) is 96.2 cm³/mol. The highest BCUT2D eigenvalue weighted by molar-refractivity contribution is 5.61. The summed E-state index contributed by atoms with van der Waals surface area (Å²) in [6.45, 7) is 2.24. The number of alkyl halides is 5. The Bertz CT molecular complexity index is 1020. The van der Waals surface area contributed by atoms with E-state index in [2.05, 4.69) is 4.74 Å². The summed E-state index contributed by atoms with van der Waals surface area (Å²) in [4.78, 5) is 0. The van der Waals surface area contributed by atoms with Crippen molar-refractivity contribution in [1.82, 2.24) is 0 Å². The Morgan fingerprint density at radius 3 is 2.03 bits per heavy atom. The maximum absolute atomic E-state index is 14.5. The first-order chi connectivity index (χ1) is 15.3. The zero-order valence-corrected chi connectivity index (χ0v) is 16.7. The monoisotopic (exact) mass is 486 g/mol. The molecule has 1 saturated heterocycles. The highest BCUT2D eigenvalue weighted by Crippen LogP contribution is 2.38. The molecule has 1 aliphatic rings. The quantitative estimate of drug-likeness (QED) is 0.436. The van der Waals surface area contributed by atoms with Crippen molar-refractivity contribution in [2.24, 2.45) is 5.92 Å². The van der Waals surface area contributed by atoms with E-state index in [4.69, 9.17) is 9.47 Å². The summed E-state index contributed by atoms with van der Waals surface area (Å²) in [5.41, 5.74) is -3.17. The van der Waals surface area contributed by atoms with Crippen molar-refractivity contribution in [2.75, 3.05) is 13.2 Å². The molecule has 0 aliphatic carbocycles. The summed E-state index contributed by atoms with van der Waals surface area (Å²) in [7, 11) is 0. The molecule has 1 heterocycles. The minimum atomic E-state index is -5.09. The van der Waals surface area contributed by atoms with Crippen molar-refractivity contribution in [3.8, 4) is 5.75 Å². The molecule has 0 N–H and O–H groups in total. The van der Waals surface area contributed by atoms with Crippen LogP contribution in [-0.2, 0) is 15.6 Å². The zero-order valence-electron chi connectivity index (χ0n) is 16.7. The van der Waals surface area contributed by atoms with E-state index in [1.165, 1.54) is 0 Å². The van der Waals surface area contributed by atoms with Crippen LogP contribution in [0.15, 0.2) is 36.4 Å². The van der Waals surface area contributed by atoms with E-state index < -0.39 is 64.8 Å². The molecule has 1 aliphatic heterocycles. The summed E-state index contributed by atoms with van der Waals surface area (Å²) in [5, 5.41) is 0. The summed E-state index contributed by atoms with van der Waals surface area (Å²) in [6.07, 6.45) is -11.8. The van der Waals surface area contributed by atoms with Gasteiger partial charge in [0.05, 0.1) is 19.3 Å². The molecule has 180 valence electrons. The van der Waals surface area contributed by atoms with Crippen molar-refractivity contribution in [1.29, 1.82) is 0 Å². The molecule has 1 fully saturated rings. The molecule has 33 heavy (non-hydrogen) atoms. The normalized spacial score (nSPS) is 20.1. The molecule has 0 saturated carbocycles. The van der Waals surface area contributed by atoms with Crippen LogP contribution in [0.2, 0.25) is 0 Å². The number of benzene rings is 2. The van der Waals surface area contributed by atoms with Crippen LogP contribution in [-0.4, -0.2) is 19.4 Å². The Morgan fingerprint density at radius 1 is 0.939 bits per heavy atom. The largest absolute Gasteiger partial charge is 0.432 e. The van der Waals surface area contributed by atoms with Crippen LogP contribution in [0, 0.1) is 23.4 Å². The van der Waals surface area contributed by atoms with Gasteiger partial charge in [-0.1, -0.05) is 6.92 Å². The third-order valence-electron chi connectivity index (χ3n) is 4.43. The van der Waals surface area contributed by atoms with E-state index in [0.717, 1.165) is 0 Å². The molecular formula is C21H15F9O3. The molecule has 0 bridgehead atoms. The van der Waals surface area contributed by atoms with Gasteiger partial charge in [0.1, 0.15) is 34.6 Å². The summed E-state index contributed by atoms with van der Waals surface area (Å²) < 4.78 is 137. The van der Waals surface area contributed by atoms with Gasteiger partial charge in [-0.15, -0.1) is 0 Å². The van der Waals surface area contributed by atoms with Gasteiger partial charge in [-0.05, 0) is 24.3 Å². The van der Waals surface area contributed by atoms with Crippen LogP contribution in [0.4, 0.5) is 39.5 Å². The standard InChI is InChI=1S/C21H15F9O3/c1-10-8-31-19(32-9-10)11-4-15(23)18(16(24)5-11)21(29,30)33-12-2-3-13(14(22)6-12)17(25)7-20(26,27)28/h2-7,10,19H,8-9H2,1H3/b17-7-. The van der Waals surface area contributed by atoms with Gasteiger partial charge in [-0.3, -0.25) is 0 Å². The second kappa shape index (κ2) is 9.26. The fourth-order valence-corrected chi connectivity index (χ4v) is 2.97. The van der Waals surface area contributed by atoms with Gasteiger partial charge in [-0.2, -0.15) is 22.0 Å². The second-order valence-corrected chi connectivity index (χ2v) is 7.26. The highest BCUT2D eigenvalue weighted by atomic mass is 19.4. The average Bonchev–Trinajstić information content (AvgIpc) is 2.66. The first kappa shape index (κ1) is 24.9. The lowest BCUT2D eigenvalue weighted by Gasteiger charge is -2.28. The first-order valence-corrected chi connectivity index (χ1v) is 9.31. The highest BCUT2D eigenvalue weighted by Gasteiger charge is 2.42. The number of halogens is 9. The Labute approximate surface area is 181 Å². The van der Waals surface area contributed by atoms with Crippen molar-refractivity contribution < 1.29 is 53.7 Å². The number of rotatable bonds is 5. The lowest BCUT2D eigenvalue weighted by atomic mass is 10.1. The van der Waals surface area contributed by atoms with Crippen LogP contribution < -0.4 is 4.74 Å². The molecule has 2 aromatic carbocycles. The summed E-state index contributed by atoms with van der Waals surface area (Å²) in [5.74, 6) is -8.09. The third-order valence-corrected chi connectivity index (χ3v) is 4.43. The maximum Gasteiger partial charge on any atom is 0.432 e. The number of allylic oxidation sites excluding steroid dienone is 1. The van der Waals surface area contributed by atoms with Gasteiger partial charge in [0, 0.05) is 23.1 Å². The fourth-order valence-electron chi connectivity index (χ4n) is 2.97. The third kappa shape index (κ3) is 5.99. The summed E-state index contributed by atoms with van der Waals surface area (Å²) >= 11 is 0. The van der Waals surface area contributed by atoms with Crippen LogP contribution in [0.25, 0.3) is 5.83 Å². The molecule has 0 radical (unpaired) electrons. The van der Waals surface area contributed by atoms with Crippen molar-refractivity contribution >= 4 is 5.83 Å². The average molecular weight is 486 g/mol. The number of hydrogen-bond donors (Lipinski definition) is 0. The lowest BCUT2D eigenvalue weighted by Crippen LogP contribution is -2.27. The van der Waals surface area contributed by atoms with Crippen molar-refractivity contribution in [3.63, 3.8) is 0 Å². The van der Waals surface area contributed by atoms with Crippen molar-refractivity contribution in [2.45, 2.75) is 25.5 Å². The van der Waals surface area contributed by atoms with Gasteiger partial charge in [0.25, 0.3) is 0 Å². The second-order valence-electron chi connectivity index (χ2n) is 7.26.